The predicted molar refractivity (Wildman–Crippen MR) is 58.4 cm³/mol. The third-order valence-electron chi connectivity index (χ3n) is 1.83. The van der Waals surface area contributed by atoms with Gasteiger partial charge in [-0.2, -0.15) is 13.2 Å². The van der Waals surface area contributed by atoms with E-state index < -0.39 is 11.7 Å². The molecule has 5 heteroatoms. The second-order valence-electron chi connectivity index (χ2n) is 3.15. The van der Waals surface area contributed by atoms with Gasteiger partial charge in [0.15, 0.2) is 0 Å². The Hall–Kier alpha value is -1.96. The van der Waals surface area contributed by atoms with Crippen LogP contribution in [0.5, 0.6) is 0 Å². The minimum Gasteiger partial charge on any atom is -0.395 e. The third kappa shape index (κ3) is 4.60. The molecule has 0 saturated carbocycles. The second-order valence-corrected chi connectivity index (χ2v) is 3.15. The second kappa shape index (κ2) is 5.94. The van der Waals surface area contributed by atoms with E-state index in [2.05, 4.69) is 11.1 Å². The van der Waals surface area contributed by atoms with Crippen LogP contribution in [0.25, 0.3) is 0 Å². The van der Waals surface area contributed by atoms with Gasteiger partial charge in [0.25, 0.3) is 0 Å². The summed E-state index contributed by atoms with van der Waals surface area (Å²) in [7, 11) is 0. The average Bonchev–Trinajstić information content (AvgIpc) is 2.28. The lowest BCUT2D eigenvalue weighted by Crippen LogP contribution is -2.05. The fourth-order valence-electron chi connectivity index (χ4n) is 1.05. The Labute approximate surface area is 97.1 Å². The number of rotatable bonds is 4. The lowest BCUT2D eigenvalue weighted by Gasteiger charge is -2.06. The molecule has 0 bridgehead atoms. The van der Waals surface area contributed by atoms with Crippen LogP contribution in [-0.4, -0.2) is 12.8 Å². The number of hydrogen-bond acceptors (Lipinski definition) is 2. The molecule has 0 aliphatic rings. The zero-order chi connectivity index (χ0) is 12.7. The Balaban J connectivity index is 2.64. The van der Waals surface area contributed by atoms with Crippen molar-refractivity contribution in [2.75, 3.05) is 6.61 Å². The molecule has 1 aromatic rings. The molecule has 1 aromatic carbocycles. The zero-order valence-electron chi connectivity index (χ0n) is 8.87. The van der Waals surface area contributed by atoms with E-state index >= 15 is 0 Å². The van der Waals surface area contributed by atoms with Gasteiger partial charge in [-0.25, -0.2) is 0 Å². The molecule has 0 heterocycles. The quantitative estimate of drug-likeness (QED) is 0.343. The van der Waals surface area contributed by atoms with E-state index in [4.69, 9.17) is 11.3 Å². The number of terminal acetylenes is 1. The van der Waals surface area contributed by atoms with Crippen molar-refractivity contribution >= 4 is 6.21 Å². The van der Waals surface area contributed by atoms with Gasteiger partial charge in [0, 0.05) is 6.42 Å². The van der Waals surface area contributed by atoms with Crippen LogP contribution < -0.4 is 0 Å². The summed E-state index contributed by atoms with van der Waals surface area (Å²) in [6, 6.07) is 4.81. The minimum absolute atomic E-state index is 0.242. The van der Waals surface area contributed by atoms with Crippen molar-refractivity contribution in [3.8, 4) is 12.3 Å². The fourth-order valence-corrected chi connectivity index (χ4v) is 1.05. The molecule has 17 heavy (non-hydrogen) atoms. The van der Waals surface area contributed by atoms with Gasteiger partial charge in [0.1, 0.15) is 6.61 Å². The molecule has 0 unspecified atom stereocenters. The first kappa shape index (κ1) is 13.1. The summed E-state index contributed by atoms with van der Waals surface area (Å²) in [6.45, 7) is 0.242. The first-order chi connectivity index (χ1) is 8.04. The molecule has 90 valence electrons. The van der Waals surface area contributed by atoms with Gasteiger partial charge < -0.3 is 4.84 Å². The smallest absolute Gasteiger partial charge is 0.395 e. The fraction of sp³-hybridized carbons (Fsp3) is 0.250. The van der Waals surface area contributed by atoms with E-state index in [-0.39, 0.29) is 6.61 Å². The molecule has 0 aliphatic heterocycles. The van der Waals surface area contributed by atoms with Crippen LogP contribution in [0.2, 0.25) is 0 Å². The molecule has 1 rings (SSSR count). The lowest BCUT2D eigenvalue weighted by atomic mass is 10.1. The Bertz CT molecular complexity index is 432. The highest BCUT2D eigenvalue weighted by molar-refractivity contribution is 5.79. The van der Waals surface area contributed by atoms with Crippen molar-refractivity contribution in [2.45, 2.75) is 12.6 Å². The van der Waals surface area contributed by atoms with Crippen LogP contribution in [0.3, 0.4) is 0 Å². The summed E-state index contributed by atoms with van der Waals surface area (Å²) in [5.74, 6) is 2.35. The molecule has 0 radical (unpaired) electrons. The molecule has 0 spiro atoms. The highest BCUT2D eigenvalue weighted by Crippen LogP contribution is 2.29. The summed E-state index contributed by atoms with van der Waals surface area (Å²) in [6.07, 6.45) is 2.25. The van der Waals surface area contributed by atoms with E-state index in [0.29, 0.717) is 12.0 Å². The summed E-state index contributed by atoms with van der Waals surface area (Å²) in [4.78, 5) is 4.75. The maximum Gasteiger partial charge on any atom is 0.416 e. The van der Waals surface area contributed by atoms with Gasteiger partial charge >= 0.3 is 6.18 Å². The van der Waals surface area contributed by atoms with Crippen LogP contribution in [0.15, 0.2) is 29.4 Å². The Kier molecular flexibility index (Phi) is 4.58. The Morgan fingerprint density at radius 3 is 2.82 bits per heavy atom. The van der Waals surface area contributed by atoms with Crippen LogP contribution in [0.1, 0.15) is 17.5 Å². The molecule has 0 fully saturated rings. The first-order valence-electron chi connectivity index (χ1n) is 4.80. The number of oxime groups is 1. The maximum absolute atomic E-state index is 12.4. The van der Waals surface area contributed by atoms with E-state index in [1.165, 1.54) is 18.3 Å². The van der Waals surface area contributed by atoms with Crippen molar-refractivity contribution in [1.82, 2.24) is 0 Å². The molecular formula is C12H10F3NO. The third-order valence-corrected chi connectivity index (χ3v) is 1.83. The molecule has 0 aliphatic carbocycles. The van der Waals surface area contributed by atoms with E-state index in [9.17, 15) is 13.2 Å². The molecule has 2 nitrogen and oxygen atoms in total. The molecular weight excluding hydrogens is 231 g/mol. The number of halogens is 3. The molecule has 0 saturated heterocycles. The number of hydrogen-bond donors (Lipinski definition) is 0. The largest absolute Gasteiger partial charge is 0.416 e. The highest BCUT2D eigenvalue weighted by Gasteiger charge is 2.30. The van der Waals surface area contributed by atoms with Crippen molar-refractivity contribution < 1.29 is 18.0 Å². The first-order valence-corrected chi connectivity index (χ1v) is 4.80. The van der Waals surface area contributed by atoms with Gasteiger partial charge in [-0.05, 0) is 17.7 Å². The number of benzene rings is 1. The van der Waals surface area contributed by atoms with Gasteiger partial charge in [0.05, 0.1) is 11.8 Å². The Morgan fingerprint density at radius 2 is 2.18 bits per heavy atom. The lowest BCUT2D eigenvalue weighted by molar-refractivity contribution is -0.137. The van der Waals surface area contributed by atoms with Gasteiger partial charge in [-0.3, -0.25) is 0 Å². The number of alkyl halides is 3. The SMILES string of the molecule is C#CCCON=Cc1cccc(C(F)(F)F)c1. The van der Waals surface area contributed by atoms with Crippen LogP contribution >= 0.6 is 0 Å². The number of nitrogens with zero attached hydrogens (tertiary/aromatic N) is 1. The van der Waals surface area contributed by atoms with Crippen molar-refractivity contribution in [1.29, 1.82) is 0 Å². The minimum atomic E-state index is -4.35. The van der Waals surface area contributed by atoms with Gasteiger partial charge in [0.2, 0.25) is 0 Å². The molecule has 0 amide bonds. The summed E-state index contributed by atoms with van der Waals surface area (Å²) >= 11 is 0. The van der Waals surface area contributed by atoms with Crippen molar-refractivity contribution in [3.05, 3.63) is 35.4 Å². The van der Waals surface area contributed by atoms with Crippen LogP contribution in [-0.2, 0) is 11.0 Å². The maximum atomic E-state index is 12.4. The highest BCUT2D eigenvalue weighted by atomic mass is 19.4. The topological polar surface area (TPSA) is 21.6 Å². The normalized spacial score (nSPS) is 11.4. The standard InChI is InChI=1S/C12H10F3NO/c1-2-3-7-17-16-9-10-5-4-6-11(8-10)12(13,14)15/h1,4-6,8-9H,3,7H2. The monoisotopic (exact) mass is 241 g/mol. The zero-order valence-corrected chi connectivity index (χ0v) is 8.87. The van der Waals surface area contributed by atoms with Crippen LogP contribution in [0.4, 0.5) is 13.2 Å². The van der Waals surface area contributed by atoms with E-state index in [0.717, 1.165) is 12.1 Å². The molecule has 0 N–H and O–H groups in total. The van der Waals surface area contributed by atoms with E-state index in [1.807, 2.05) is 0 Å². The van der Waals surface area contributed by atoms with Crippen molar-refractivity contribution in [3.63, 3.8) is 0 Å². The summed E-state index contributed by atoms with van der Waals surface area (Å²) in [5, 5.41) is 3.51. The van der Waals surface area contributed by atoms with Gasteiger partial charge in [-0.15, -0.1) is 12.3 Å². The Morgan fingerprint density at radius 1 is 1.41 bits per heavy atom. The van der Waals surface area contributed by atoms with Crippen LogP contribution in [0, 0.1) is 12.3 Å². The summed E-state index contributed by atoms with van der Waals surface area (Å²) in [5.41, 5.74) is -0.398. The van der Waals surface area contributed by atoms with E-state index in [1.54, 1.807) is 0 Å². The molecule has 0 aromatic heterocycles. The van der Waals surface area contributed by atoms with Crippen molar-refractivity contribution in [2.24, 2.45) is 5.16 Å². The summed E-state index contributed by atoms with van der Waals surface area (Å²) < 4.78 is 37.1. The molecule has 0 atom stereocenters. The van der Waals surface area contributed by atoms with Gasteiger partial charge in [-0.1, -0.05) is 17.3 Å². The average molecular weight is 241 g/mol. The predicted octanol–water partition coefficient (Wildman–Crippen LogP) is 3.08.